The highest BCUT2D eigenvalue weighted by Gasteiger charge is 2.30. The summed E-state index contributed by atoms with van der Waals surface area (Å²) in [6.45, 7) is 0.515. The van der Waals surface area contributed by atoms with Crippen LogP contribution >= 0.6 is 15.9 Å². The molecule has 3 heterocycles. The molecule has 3 N–H and O–H groups in total. The van der Waals surface area contributed by atoms with Gasteiger partial charge in [-0.3, -0.25) is 10.2 Å². The van der Waals surface area contributed by atoms with Crippen molar-refractivity contribution in [2.45, 2.75) is 6.54 Å². The second-order valence-corrected chi connectivity index (χ2v) is 6.60. The van der Waals surface area contributed by atoms with Crippen LogP contribution in [-0.2, 0) is 6.54 Å². The number of nitrogens with one attached hydrogen (secondary N) is 2. The molecule has 0 aliphatic carbocycles. The molecule has 7 nitrogen and oxygen atoms in total. The maximum Gasteiger partial charge on any atom is 0.259 e. The summed E-state index contributed by atoms with van der Waals surface area (Å²) in [5.74, 6) is 0.956. The van der Waals surface area contributed by atoms with Crippen LogP contribution in [0.2, 0.25) is 0 Å². The summed E-state index contributed by atoms with van der Waals surface area (Å²) in [5.41, 5.74) is 0.409. The van der Waals surface area contributed by atoms with Gasteiger partial charge in [0.2, 0.25) is 0 Å². The highest BCUT2D eigenvalue weighted by atomic mass is 79.9. The molecule has 1 aromatic carbocycles. The molecule has 0 radical (unpaired) electrons. The van der Waals surface area contributed by atoms with Gasteiger partial charge in [-0.15, -0.1) is 0 Å². The monoisotopic (exact) mass is 400 g/mol. The van der Waals surface area contributed by atoms with Crippen molar-refractivity contribution in [1.82, 2.24) is 14.9 Å². The maximum absolute atomic E-state index is 12.3. The third-order valence-corrected chi connectivity index (χ3v) is 4.51. The smallest absolute Gasteiger partial charge is 0.259 e. The van der Waals surface area contributed by atoms with E-state index in [0.717, 1.165) is 4.47 Å². The lowest BCUT2D eigenvalue weighted by Gasteiger charge is -2.16. The molecule has 8 heteroatoms. The minimum Gasteiger partial charge on any atom is -0.510 e. The van der Waals surface area contributed by atoms with Crippen LogP contribution < -0.4 is 5.56 Å². The number of H-pyrrole nitrogens is 1. The quantitative estimate of drug-likeness (QED) is 0.626. The van der Waals surface area contributed by atoms with Gasteiger partial charge in [0.05, 0.1) is 35.8 Å². The van der Waals surface area contributed by atoms with E-state index in [0.29, 0.717) is 23.2 Å². The summed E-state index contributed by atoms with van der Waals surface area (Å²) in [5, 5.41) is 19.1. The Balaban J connectivity index is 1.72. The zero-order chi connectivity index (χ0) is 17.6. The van der Waals surface area contributed by atoms with E-state index in [2.05, 4.69) is 25.9 Å². The van der Waals surface area contributed by atoms with E-state index in [9.17, 15) is 9.90 Å². The molecule has 0 atom stereocenters. The SMILES string of the molecule is N=C1C(c2nc3ccc(Br)cc3c(=O)[nH]2)=C(O)CN1Cc1ccco1. The van der Waals surface area contributed by atoms with Crippen molar-refractivity contribution in [1.29, 1.82) is 5.41 Å². The van der Waals surface area contributed by atoms with E-state index < -0.39 is 0 Å². The van der Waals surface area contributed by atoms with Gasteiger partial charge in [-0.25, -0.2) is 4.98 Å². The average molecular weight is 401 g/mol. The van der Waals surface area contributed by atoms with Crippen LogP contribution in [0.15, 0.2) is 56.0 Å². The number of aromatic amines is 1. The van der Waals surface area contributed by atoms with Crippen LogP contribution in [-0.4, -0.2) is 32.4 Å². The number of amidine groups is 1. The van der Waals surface area contributed by atoms with E-state index in [1.807, 2.05) is 0 Å². The van der Waals surface area contributed by atoms with E-state index >= 15 is 0 Å². The molecular formula is C17H13BrN4O3. The zero-order valence-electron chi connectivity index (χ0n) is 12.9. The Labute approximate surface area is 150 Å². The number of aliphatic hydroxyl groups excluding tert-OH is 1. The summed E-state index contributed by atoms with van der Waals surface area (Å²) in [6, 6.07) is 8.76. The van der Waals surface area contributed by atoms with Gasteiger partial charge in [-0.2, -0.15) is 0 Å². The molecule has 4 rings (SSSR count). The number of furan rings is 1. The first-order valence-corrected chi connectivity index (χ1v) is 8.30. The molecule has 2 aromatic heterocycles. The fourth-order valence-electron chi connectivity index (χ4n) is 2.84. The number of halogens is 1. The predicted octanol–water partition coefficient (Wildman–Crippen LogP) is 3.04. The van der Waals surface area contributed by atoms with Crippen molar-refractivity contribution >= 4 is 38.2 Å². The topological polar surface area (TPSA) is 106 Å². The third-order valence-electron chi connectivity index (χ3n) is 4.01. The summed E-state index contributed by atoms with van der Waals surface area (Å²) in [6.07, 6.45) is 1.56. The first kappa shape index (κ1) is 15.6. The largest absolute Gasteiger partial charge is 0.510 e. The molecule has 0 spiro atoms. The second-order valence-electron chi connectivity index (χ2n) is 5.68. The maximum atomic E-state index is 12.3. The van der Waals surface area contributed by atoms with Gasteiger partial charge >= 0.3 is 0 Å². The number of hydrogen-bond acceptors (Lipinski definition) is 5. The normalized spacial score (nSPS) is 14.8. The van der Waals surface area contributed by atoms with Crippen LogP contribution in [0.4, 0.5) is 0 Å². The summed E-state index contributed by atoms with van der Waals surface area (Å²) >= 11 is 3.33. The van der Waals surface area contributed by atoms with Crippen molar-refractivity contribution in [3.63, 3.8) is 0 Å². The van der Waals surface area contributed by atoms with E-state index in [1.54, 1.807) is 41.5 Å². The van der Waals surface area contributed by atoms with Gasteiger partial charge in [-0.1, -0.05) is 15.9 Å². The van der Waals surface area contributed by atoms with Gasteiger partial charge in [0.15, 0.2) is 0 Å². The standard InChI is InChI=1S/C17H13BrN4O3/c18-9-3-4-12-11(6-9)17(24)21-16(20-12)14-13(23)8-22(15(14)19)7-10-2-1-5-25-10/h1-6,19,23H,7-8H2,(H,20,21,24). The molecular weight excluding hydrogens is 388 g/mol. The Bertz CT molecular complexity index is 1070. The number of aromatic nitrogens is 2. The minimum atomic E-state index is -0.320. The molecule has 126 valence electrons. The van der Waals surface area contributed by atoms with Crippen LogP contribution in [0.25, 0.3) is 16.5 Å². The number of aliphatic hydroxyl groups is 1. The predicted molar refractivity (Wildman–Crippen MR) is 96.5 cm³/mol. The minimum absolute atomic E-state index is 0.00355. The second kappa shape index (κ2) is 5.89. The first-order chi connectivity index (χ1) is 12.0. The summed E-state index contributed by atoms with van der Waals surface area (Å²) < 4.78 is 6.07. The third kappa shape index (κ3) is 2.74. The number of fused-ring (bicyclic) bond motifs is 1. The number of nitrogens with zero attached hydrogens (tertiary/aromatic N) is 2. The Morgan fingerprint density at radius 1 is 1.40 bits per heavy atom. The molecule has 0 amide bonds. The molecule has 3 aromatic rings. The molecule has 0 saturated carbocycles. The molecule has 1 aliphatic heterocycles. The molecule has 0 bridgehead atoms. The fraction of sp³-hybridized carbons (Fsp3) is 0.118. The van der Waals surface area contributed by atoms with E-state index in [1.165, 1.54) is 0 Å². The van der Waals surface area contributed by atoms with Gasteiger partial charge < -0.3 is 19.4 Å². The molecule has 25 heavy (non-hydrogen) atoms. The zero-order valence-corrected chi connectivity index (χ0v) is 14.5. The lowest BCUT2D eigenvalue weighted by Crippen LogP contribution is -2.26. The summed E-state index contributed by atoms with van der Waals surface area (Å²) in [7, 11) is 0. The van der Waals surface area contributed by atoms with Crippen LogP contribution in [0, 0.1) is 5.41 Å². The van der Waals surface area contributed by atoms with Crippen LogP contribution in [0.5, 0.6) is 0 Å². The van der Waals surface area contributed by atoms with Crippen LogP contribution in [0.1, 0.15) is 11.6 Å². The van der Waals surface area contributed by atoms with Crippen molar-refractivity contribution in [2.24, 2.45) is 0 Å². The number of benzene rings is 1. The average Bonchev–Trinajstić information content (AvgIpc) is 3.17. The Kier molecular flexibility index (Phi) is 3.69. The fourth-order valence-corrected chi connectivity index (χ4v) is 3.20. The molecule has 0 fully saturated rings. The first-order valence-electron chi connectivity index (χ1n) is 7.51. The van der Waals surface area contributed by atoms with Gasteiger partial charge in [0.25, 0.3) is 5.56 Å². The van der Waals surface area contributed by atoms with Gasteiger partial charge in [0.1, 0.15) is 23.2 Å². The molecule has 0 unspecified atom stereocenters. The lowest BCUT2D eigenvalue weighted by molar-refractivity contribution is 0.328. The van der Waals surface area contributed by atoms with Crippen molar-refractivity contribution in [3.05, 3.63) is 68.8 Å². The van der Waals surface area contributed by atoms with E-state index in [-0.39, 0.29) is 35.1 Å². The Morgan fingerprint density at radius 2 is 2.24 bits per heavy atom. The van der Waals surface area contributed by atoms with E-state index in [4.69, 9.17) is 9.83 Å². The molecule has 0 saturated heterocycles. The summed E-state index contributed by atoms with van der Waals surface area (Å²) in [4.78, 5) is 21.1. The molecule has 1 aliphatic rings. The van der Waals surface area contributed by atoms with Gasteiger partial charge in [-0.05, 0) is 30.3 Å². The highest BCUT2D eigenvalue weighted by molar-refractivity contribution is 9.10. The lowest BCUT2D eigenvalue weighted by atomic mass is 10.2. The Morgan fingerprint density at radius 3 is 3.00 bits per heavy atom. The number of rotatable bonds is 3. The van der Waals surface area contributed by atoms with Gasteiger partial charge in [0, 0.05) is 4.47 Å². The van der Waals surface area contributed by atoms with Crippen LogP contribution in [0.3, 0.4) is 0 Å². The van der Waals surface area contributed by atoms with Crippen molar-refractivity contribution < 1.29 is 9.52 Å². The number of hydrogen-bond donors (Lipinski definition) is 3. The Hall–Kier alpha value is -2.87. The highest BCUT2D eigenvalue weighted by Crippen LogP contribution is 2.27. The van der Waals surface area contributed by atoms with Crippen molar-refractivity contribution in [2.75, 3.05) is 6.54 Å². The van der Waals surface area contributed by atoms with Crippen molar-refractivity contribution in [3.8, 4) is 0 Å².